The zero-order valence-corrected chi connectivity index (χ0v) is 15.7. The molecule has 5 heteroatoms. The van der Waals surface area contributed by atoms with Crippen LogP contribution in [0.4, 0.5) is 0 Å². The predicted molar refractivity (Wildman–Crippen MR) is 88.8 cm³/mol. The van der Waals surface area contributed by atoms with Gasteiger partial charge in [0.05, 0.1) is 32.0 Å². The summed E-state index contributed by atoms with van der Waals surface area (Å²) in [5, 5.41) is 11.9. The van der Waals surface area contributed by atoms with E-state index >= 15 is 0 Å². The van der Waals surface area contributed by atoms with Gasteiger partial charge in [0, 0.05) is 16.7 Å². The lowest BCUT2D eigenvalue weighted by Crippen LogP contribution is -2.63. The smallest absolute Gasteiger partial charge is 0.165 e. The second kappa shape index (κ2) is 4.12. The molecular formula is C20H30O5. The van der Waals surface area contributed by atoms with Crippen LogP contribution in [0.2, 0.25) is 0 Å². The third-order valence-corrected chi connectivity index (χ3v) is 9.16. The van der Waals surface area contributed by atoms with Crippen LogP contribution in [-0.4, -0.2) is 54.6 Å². The molecular weight excluding hydrogens is 320 g/mol. The molecule has 0 bridgehead atoms. The van der Waals surface area contributed by atoms with Gasteiger partial charge in [0.2, 0.25) is 0 Å². The van der Waals surface area contributed by atoms with Gasteiger partial charge in [-0.2, -0.15) is 0 Å². The lowest BCUT2D eigenvalue weighted by molar-refractivity contribution is -0.244. The number of hydrogen-bond donors (Lipinski definition) is 1. The minimum Gasteiger partial charge on any atom is -0.384 e. The monoisotopic (exact) mass is 350 g/mol. The predicted octanol–water partition coefficient (Wildman–Crippen LogP) is 2.11. The molecule has 2 saturated carbocycles. The number of rotatable bonds is 0. The summed E-state index contributed by atoms with van der Waals surface area (Å²) in [7, 11) is 0. The maximum atomic E-state index is 11.9. The molecule has 6 rings (SSSR count). The highest BCUT2D eigenvalue weighted by molar-refractivity contribution is 5.39. The molecule has 6 aliphatic rings. The fraction of sp³-hybridized carbons (Fsp3) is 1.00. The van der Waals surface area contributed by atoms with E-state index < -0.39 is 11.2 Å². The molecule has 6 fully saturated rings. The van der Waals surface area contributed by atoms with Crippen molar-refractivity contribution in [2.24, 2.45) is 28.1 Å². The first-order valence-corrected chi connectivity index (χ1v) is 9.99. The molecule has 5 nitrogen and oxygen atoms in total. The number of ether oxygens (including phenoxy) is 4. The summed E-state index contributed by atoms with van der Waals surface area (Å²) in [5.41, 5.74) is -1.71. The maximum Gasteiger partial charge on any atom is 0.165 e. The lowest BCUT2D eigenvalue weighted by atomic mass is 9.52. The SMILES string of the molecule is C[C@@H]1COC2CC34C5C[C@@H](C(C)(C)C)C36CCOC6OC4(CO5)[C@]21O. The standard InChI is InChI=1S/C20H30O5/c1-11-9-23-14-8-18-13-7-12(16(2,3)4)17(18)5-6-22-15(17)25-19(18,10-24-13)20(11,14)21/h11-15,21H,5-10H2,1-4H3/t11-,12+,13?,14?,15?,17?,18?,19?,20-/m1/s1. The van der Waals surface area contributed by atoms with Crippen LogP contribution in [0.1, 0.15) is 47.0 Å². The Morgan fingerprint density at radius 2 is 1.88 bits per heavy atom. The summed E-state index contributed by atoms with van der Waals surface area (Å²) in [6.07, 6.45) is 2.72. The molecule has 9 atom stereocenters. The minimum atomic E-state index is -0.963. The van der Waals surface area contributed by atoms with Crippen LogP contribution in [0, 0.1) is 28.1 Å². The van der Waals surface area contributed by atoms with E-state index in [2.05, 4.69) is 27.7 Å². The van der Waals surface area contributed by atoms with E-state index in [-0.39, 0.29) is 40.7 Å². The normalized spacial score (nSPS) is 64.4. The Bertz CT molecular complexity index is 644. The molecule has 6 unspecified atom stereocenters. The van der Waals surface area contributed by atoms with Crippen LogP contribution in [0.5, 0.6) is 0 Å². The fourth-order valence-corrected chi connectivity index (χ4v) is 8.44. The van der Waals surface area contributed by atoms with Crippen molar-refractivity contribution in [2.45, 2.75) is 76.7 Å². The number of hydrogen-bond acceptors (Lipinski definition) is 5. The summed E-state index contributed by atoms with van der Waals surface area (Å²) in [6, 6.07) is 0. The van der Waals surface area contributed by atoms with Crippen molar-refractivity contribution >= 4 is 0 Å². The van der Waals surface area contributed by atoms with E-state index in [1.807, 2.05) is 0 Å². The Hall–Kier alpha value is -0.200. The molecule has 2 spiro atoms. The van der Waals surface area contributed by atoms with Gasteiger partial charge in [-0.1, -0.05) is 27.7 Å². The first-order valence-electron chi connectivity index (χ1n) is 9.99. The van der Waals surface area contributed by atoms with E-state index in [4.69, 9.17) is 18.9 Å². The van der Waals surface area contributed by atoms with E-state index in [0.717, 1.165) is 25.9 Å². The fourth-order valence-electron chi connectivity index (χ4n) is 8.44. The van der Waals surface area contributed by atoms with Gasteiger partial charge in [-0.05, 0) is 30.6 Å². The molecule has 1 N–H and O–H groups in total. The highest BCUT2D eigenvalue weighted by Crippen LogP contribution is 2.84. The van der Waals surface area contributed by atoms with Gasteiger partial charge < -0.3 is 24.1 Å². The third-order valence-electron chi connectivity index (χ3n) is 9.16. The molecule has 140 valence electrons. The Balaban J connectivity index is 1.62. The molecule has 0 aromatic heterocycles. The highest BCUT2D eigenvalue weighted by Gasteiger charge is 2.94. The molecule has 2 aliphatic carbocycles. The summed E-state index contributed by atoms with van der Waals surface area (Å²) >= 11 is 0. The third kappa shape index (κ3) is 1.26. The van der Waals surface area contributed by atoms with Crippen molar-refractivity contribution in [1.29, 1.82) is 0 Å². The average Bonchev–Trinajstić information content (AvgIpc) is 3.26. The van der Waals surface area contributed by atoms with E-state index in [1.165, 1.54) is 0 Å². The summed E-state index contributed by atoms with van der Waals surface area (Å²) in [6.45, 7) is 10.9. The summed E-state index contributed by atoms with van der Waals surface area (Å²) in [4.78, 5) is 0. The Morgan fingerprint density at radius 1 is 1.08 bits per heavy atom. The largest absolute Gasteiger partial charge is 0.384 e. The van der Waals surface area contributed by atoms with Crippen molar-refractivity contribution < 1.29 is 24.1 Å². The Kier molecular flexibility index (Phi) is 2.61. The Labute approximate surface area is 149 Å². The van der Waals surface area contributed by atoms with Crippen molar-refractivity contribution in [3.05, 3.63) is 0 Å². The van der Waals surface area contributed by atoms with Gasteiger partial charge in [-0.15, -0.1) is 0 Å². The zero-order valence-electron chi connectivity index (χ0n) is 15.7. The highest BCUT2D eigenvalue weighted by atomic mass is 16.7. The quantitative estimate of drug-likeness (QED) is 0.725. The van der Waals surface area contributed by atoms with Crippen LogP contribution in [0.3, 0.4) is 0 Å². The molecule has 4 aliphatic heterocycles. The number of fused-ring (bicyclic) bond motifs is 1. The zero-order chi connectivity index (χ0) is 17.5. The van der Waals surface area contributed by atoms with Gasteiger partial charge in [-0.3, -0.25) is 0 Å². The van der Waals surface area contributed by atoms with Crippen LogP contribution in [-0.2, 0) is 18.9 Å². The summed E-state index contributed by atoms with van der Waals surface area (Å²) < 4.78 is 25.5. The maximum absolute atomic E-state index is 11.9. The summed E-state index contributed by atoms with van der Waals surface area (Å²) in [5.74, 6) is 0.529. The first kappa shape index (κ1) is 15.8. The van der Waals surface area contributed by atoms with Crippen molar-refractivity contribution in [2.75, 3.05) is 19.8 Å². The molecule has 0 radical (unpaired) electrons. The Morgan fingerprint density at radius 3 is 2.64 bits per heavy atom. The van der Waals surface area contributed by atoms with E-state index in [0.29, 0.717) is 19.1 Å². The van der Waals surface area contributed by atoms with Crippen LogP contribution >= 0.6 is 0 Å². The second-order valence-electron chi connectivity index (χ2n) is 10.6. The van der Waals surface area contributed by atoms with Gasteiger partial charge in [0.1, 0.15) is 11.2 Å². The van der Waals surface area contributed by atoms with Crippen molar-refractivity contribution in [3.8, 4) is 0 Å². The van der Waals surface area contributed by atoms with E-state index in [9.17, 15) is 5.11 Å². The second-order valence-corrected chi connectivity index (χ2v) is 10.6. The molecule has 0 aromatic rings. The topological polar surface area (TPSA) is 57.2 Å². The van der Waals surface area contributed by atoms with Gasteiger partial charge in [0.15, 0.2) is 6.29 Å². The van der Waals surface area contributed by atoms with Crippen LogP contribution in [0.15, 0.2) is 0 Å². The van der Waals surface area contributed by atoms with Crippen LogP contribution < -0.4 is 0 Å². The molecule has 0 aromatic carbocycles. The minimum absolute atomic E-state index is 0.0591. The lowest BCUT2D eigenvalue weighted by Gasteiger charge is -2.47. The molecule has 4 heterocycles. The molecule has 25 heavy (non-hydrogen) atoms. The van der Waals surface area contributed by atoms with Crippen molar-refractivity contribution in [1.82, 2.24) is 0 Å². The van der Waals surface area contributed by atoms with Gasteiger partial charge >= 0.3 is 0 Å². The van der Waals surface area contributed by atoms with Gasteiger partial charge in [-0.25, -0.2) is 0 Å². The molecule has 0 amide bonds. The number of aliphatic hydroxyl groups is 1. The van der Waals surface area contributed by atoms with E-state index in [1.54, 1.807) is 0 Å². The van der Waals surface area contributed by atoms with Gasteiger partial charge in [0.25, 0.3) is 0 Å². The molecule has 4 saturated heterocycles. The average molecular weight is 350 g/mol. The van der Waals surface area contributed by atoms with Crippen LogP contribution in [0.25, 0.3) is 0 Å². The first-order chi connectivity index (χ1) is 11.7. The van der Waals surface area contributed by atoms with Crippen molar-refractivity contribution in [3.63, 3.8) is 0 Å².